The Kier molecular flexibility index (Phi) is 5.16. The third kappa shape index (κ3) is 4.46. The molecule has 1 N–H and O–H groups in total. The number of ether oxygens (including phenoxy) is 1. The van der Waals surface area contributed by atoms with Crippen molar-refractivity contribution >= 4 is 28.0 Å². The standard InChI is InChI=1S/C15H15BrN2O3/c1-2-7-18-10-13(9-17-18)21-14-5-4-12(16)8-11(14)3-6-15(19)20/h3-6,8-10H,2,7H2,1H3,(H,19,20)/b6-3+. The lowest BCUT2D eigenvalue weighted by atomic mass is 10.2. The van der Waals surface area contributed by atoms with Crippen LogP contribution in [0.5, 0.6) is 11.5 Å². The molecule has 1 aromatic heterocycles. The molecule has 0 unspecified atom stereocenters. The van der Waals surface area contributed by atoms with E-state index in [-0.39, 0.29) is 0 Å². The summed E-state index contributed by atoms with van der Waals surface area (Å²) in [6.07, 6.45) is 7.03. The van der Waals surface area contributed by atoms with E-state index in [2.05, 4.69) is 28.0 Å². The lowest BCUT2D eigenvalue weighted by molar-refractivity contribution is -0.131. The average molecular weight is 351 g/mol. The summed E-state index contributed by atoms with van der Waals surface area (Å²) in [7, 11) is 0. The molecule has 5 nitrogen and oxygen atoms in total. The number of hydrogen-bond donors (Lipinski definition) is 1. The molecule has 2 aromatic rings. The Balaban J connectivity index is 2.23. The predicted octanol–water partition coefficient (Wildman–Crippen LogP) is 3.95. The Morgan fingerprint density at radius 2 is 2.33 bits per heavy atom. The minimum atomic E-state index is -1.00. The highest BCUT2D eigenvalue weighted by atomic mass is 79.9. The normalized spacial score (nSPS) is 11.0. The first-order valence-corrected chi connectivity index (χ1v) is 7.28. The van der Waals surface area contributed by atoms with Gasteiger partial charge in [-0.2, -0.15) is 5.10 Å². The zero-order valence-corrected chi connectivity index (χ0v) is 13.1. The minimum Gasteiger partial charge on any atom is -0.478 e. The predicted molar refractivity (Wildman–Crippen MR) is 83.4 cm³/mol. The molecule has 0 aliphatic rings. The Morgan fingerprint density at radius 3 is 3.05 bits per heavy atom. The molecule has 110 valence electrons. The number of aryl methyl sites for hydroxylation is 1. The Morgan fingerprint density at radius 1 is 1.52 bits per heavy atom. The molecular weight excluding hydrogens is 336 g/mol. The van der Waals surface area contributed by atoms with Crippen molar-refractivity contribution in [3.63, 3.8) is 0 Å². The van der Waals surface area contributed by atoms with Crippen LogP contribution >= 0.6 is 15.9 Å². The van der Waals surface area contributed by atoms with Gasteiger partial charge >= 0.3 is 5.97 Å². The van der Waals surface area contributed by atoms with Crippen LogP contribution in [0.4, 0.5) is 0 Å². The highest BCUT2D eigenvalue weighted by molar-refractivity contribution is 9.10. The van der Waals surface area contributed by atoms with E-state index in [4.69, 9.17) is 9.84 Å². The van der Waals surface area contributed by atoms with E-state index >= 15 is 0 Å². The van der Waals surface area contributed by atoms with Crippen LogP contribution in [0.2, 0.25) is 0 Å². The van der Waals surface area contributed by atoms with Crippen molar-refractivity contribution in [2.75, 3.05) is 0 Å². The first-order valence-electron chi connectivity index (χ1n) is 6.49. The molecule has 1 heterocycles. The van der Waals surface area contributed by atoms with Crippen LogP contribution in [0.25, 0.3) is 6.08 Å². The SMILES string of the molecule is CCCn1cc(Oc2ccc(Br)cc2/C=C/C(=O)O)cn1. The van der Waals surface area contributed by atoms with Crippen molar-refractivity contribution in [3.05, 3.63) is 46.7 Å². The molecule has 0 saturated heterocycles. The molecule has 0 amide bonds. The summed E-state index contributed by atoms with van der Waals surface area (Å²) in [4.78, 5) is 10.6. The smallest absolute Gasteiger partial charge is 0.328 e. The Labute approximate surface area is 131 Å². The third-order valence-electron chi connectivity index (χ3n) is 2.67. The van der Waals surface area contributed by atoms with Crippen molar-refractivity contribution < 1.29 is 14.6 Å². The first-order chi connectivity index (χ1) is 10.1. The lowest BCUT2D eigenvalue weighted by Gasteiger charge is -2.07. The van der Waals surface area contributed by atoms with Crippen molar-refractivity contribution in [2.24, 2.45) is 0 Å². The van der Waals surface area contributed by atoms with Gasteiger partial charge in [-0.3, -0.25) is 4.68 Å². The Hall–Kier alpha value is -2.08. The summed E-state index contributed by atoms with van der Waals surface area (Å²) >= 11 is 3.36. The van der Waals surface area contributed by atoms with E-state index in [1.165, 1.54) is 6.08 Å². The fourth-order valence-corrected chi connectivity index (χ4v) is 2.16. The van der Waals surface area contributed by atoms with Crippen LogP contribution in [0.15, 0.2) is 41.1 Å². The average Bonchev–Trinajstić information content (AvgIpc) is 2.87. The van der Waals surface area contributed by atoms with E-state index < -0.39 is 5.97 Å². The fourth-order valence-electron chi connectivity index (χ4n) is 1.78. The molecule has 0 bridgehead atoms. The number of carboxylic acid groups (broad SMARTS) is 1. The molecule has 0 radical (unpaired) electrons. The van der Waals surface area contributed by atoms with Gasteiger partial charge in [-0.25, -0.2) is 4.79 Å². The third-order valence-corrected chi connectivity index (χ3v) is 3.16. The summed E-state index contributed by atoms with van der Waals surface area (Å²) in [5.74, 6) is 0.194. The van der Waals surface area contributed by atoms with E-state index in [0.717, 1.165) is 23.5 Å². The number of carbonyl (C=O) groups is 1. The summed E-state index contributed by atoms with van der Waals surface area (Å²) in [5, 5.41) is 12.9. The van der Waals surface area contributed by atoms with Crippen LogP contribution in [-0.2, 0) is 11.3 Å². The molecule has 0 fully saturated rings. The van der Waals surface area contributed by atoms with Gasteiger partial charge in [-0.1, -0.05) is 22.9 Å². The van der Waals surface area contributed by atoms with E-state index in [0.29, 0.717) is 17.1 Å². The van der Waals surface area contributed by atoms with Gasteiger partial charge in [-0.15, -0.1) is 0 Å². The van der Waals surface area contributed by atoms with Crippen molar-refractivity contribution in [1.29, 1.82) is 0 Å². The van der Waals surface area contributed by atoms with Gasteiger partial charge in [0.1, 0.15) is 5.75 Å². The van der Waals surface area contributed by atoms with E-state index in [1.54, 1.807) is 23.0 Å². The molecule has 2 rings (SSSR count). The number of hydrogen-bond acceptors (Lipinski definition) is 3. The monoisotopic (exact) mass is 350 g/mol. The number of benzene rings is 1. The minimum absolute atomic E-state index is 0.576. The fraction of sp³-hybridized carbons (Fsp3) is 0.200. The largest absolute Gasteiger partial charge is 0.478 e. The number of rotatable bonds is 6. The summed E-state index contributed by atoms with van der Waals surface area (Å²) < 4.78 is 8.43. The van der Waals surface area contributed by atoms with Crippen LogP contribution in [0.3, 0.4) is 0 Å². The zero-order chi connectivity index (χ0) is 15.2. The number of carboxylic acids is 1. The highest BCUT2D eigenvalue weighted by Gasteiger charge is 2.06. The van der Waals surface area contributed by atoms with Gasteiger partial charge in [0.15, 0.2) is 5.75 Å². The highest BCUT2D eigenvalue weighted by Crippen LogP contribution is 2.28. The van der Waals surface area contributed by atoms with E-state index in [9.17, 15) is 4.79 Å². The zero-order valence-electron chi connectivity index (χ0n) is 11.5. The van der Waals surface area contributed by atoms with Crippen molar-refractivity contribution in [1.82, 2.24) is 9.78 Å². The van der Waals surface area contributed by atoms with Crippen LogP contribution in [-0.4, -0.2) is 20.9 Å². The first kappa shape index (κ1) is 15.3. The van der Waals surface area contributed by atoms with Crippen molar-refractivity contribution in [3.8, 4) is 11.5 Å². The number of halogens is 1. The molecule has 0 aliphatic carbocycles. The maximum Gasteiger partial charge on any atom is 0.328 e. The second-order valence-corrected chi connectivity index (χ2v) is 5.31. The van der Waals surface area contributed by atoms with E-state index in [1.807, 2.05) is 12.3 Å². The van der Waals surface area contributed by atoms with Crippen molar-refractivity contribution in [2.45, 2.75) is 19.9 Å². The Bertz CT molecular complexity index is 665. The number of aromatic nitrogens is 2. The molecular formula is C15H15BrN2O3. The molecule has 6 heteroatoms. The molecule has 1 aromatic carbocycles. The van der Waals surface area contributed by atoms with Gasteiger partial charge in [0.05, 0.1) is 12.4 Å². The second kappa shape index (κ2) is 7.08. The van der Waals surface area contributed by atoms with Crippen LogP contribution < -0.4 is 4.74 Å². The molecule has 0 aliphatic heterocycles. The van der Waals surface area contributed by atoms with Gasteiger partial charge in [0, 0.05) is 22.7 Å². The molecule has 0 spiro atoms. The summed E-state index contributed by atoms with van der Waals surface area (Å²) in [6.45, 7) is 2.90. The maximum atomic E-state index is 10.6. The summed E-state index contributed by atoms with van der Waals surface area (Å²) in [6, 6.07) is 5.41. The quantitative estimate of drug-likeness (QED) is 0.801. The van der Waals surface area contributed by atoms with Gasteiger partial charge < -0.3 is 9.84 Å². The van der Waals surface area contributed by atoms with Crippen LogP contribution in [0, 0.1) is 0 Å². The van der Waals surface area contributed by atoms with Gasteiger partial charge in [-0.05, 0) is 30.7 Å². The number of aliphatic carboxylic acids is 1. The topological polar surface area (TPSA) is 64.3 Å². The number of nitrogens with zero attached hydrogens (tertiary/aromatic N) is 2. The van der Waals surface area contributed by atoms with Crippen LogP contribution in [0.1, 0.15) is 18.9 Å². The lowest BCUT2D eigenvalue weighted by Crippen LogP contribution is -1.95. The molecule has 0 saturated carbocycles. The second-order valence-electron chi connectivity index (χ2n) is 4.39. The van der Waals surface area contributed by atoms with Gasteiger partial charge in [0.2, 0.25) is 0 Å². The summed E-state index contributed by atoms with van der Waals surface area (Å²) in [5.41, 5.74) is 0.676. The molecule has 0 atom stereocenters. The molecule has 21 heavy (non-hydrogen) atoms. The maximum absolute atomic E-state index is 10.6. The van der Waals surface area contributed by atoms with Gasteiger partial charge in [0.25, 0.3) is 0 Å².